The van der Waals surface area contributed by atoms with Crippen LogP contribution in [0.2, 0.25) is 5.15 Å². The van der Waals surface area contributed by atoms with Crippen LogP contribution < -0.4 is 15.8 Å². The van der Waals surface area contributed by atoms with Gasteiger partial charge < -0.3 is 15.8 Å². The van der Waals surface area contributed by atoms with Crippen LogP contribution in [0, 0.1) is 0 Å². The molecule has 2 aromatic rings. The molecule has 0 unspecified atom stereocenters. The van der Waals surface area contributed by atoms with Gasteiger partial charge in [0.15, 0.2) is 11.0 Å². The third kappa shape index (κ3) is 3.48. The lowest BCUT2D eigenvalue weighted by molar-refractivity contribution is 0.242. The Morgan fingerprint density at radius 2 is 1.89 bits per heavy atom. The maximum absolute atomic E-state index is 5.83. The second kappa shape index (κ2) is 5.75. The zero-order chi connectivity index (χ0) is 13.8. The van der Waals surface area contributed by atoms with Gasteiger partial charge in [0.2, 0.25) is 0 Å². The van der Waals surface area contributed by atoms with Gasteiger partial charge in [0.05, 0.1) is 6.10 Å². The fraction of sp³-hybridized carbons (Fsp3) is 0.231. The molecule has 6 heteroatoms. The number of aromatic nitrogens is 2. The normalized spacial score (nSPS) is 10.5. The maximum atomic E-state index is 5.83. The van der Waals surface area contributed by atoms with Crippen LogP contribution in [0.4, 0.5) is 17.2 Å². The number of hydrogen-bond donors (Lipinski definition) is 2. The second-order valence-corrected chi connectivity index (χ2v) is 4.60. The largest absolute Gasteiger partial charge is 0.491 e. The summed E-state index contributed by atoms with van der Waals surface area (Å²) >= 11 is 5.83. The quantitative estimate of drug-likeness (QED) is 0.840. The summed E-state index contributed by atoms with van der Waals surface area (Å²) in [7, 11) is 0. The van der Waals surface area contributed by atoms with E-state index < -0.39 is 0 Å². The molecule has 19 heavy (non-hydrogen) atoms. The monoisotopic (exact) mass is 278 g/mol. The number of nitrogens with one attached hydrogen (secondary N) is 1. The van der Waals surface area contributed by atoms with Gasteiger partial charge in [-0.1, -0.05) is 11.6 Å². The lowest BCUT2D eigenvalue weighted by atomic mass is 10.3. The van der Waals surface area contributed by atoms with Crippen molar-refractivity contribution in [1.82, 2.24) is 9.97 Å². The molecule has 0 radical (unpaired) electrons. The molecule has 2 rings (SSSR count). The molecule has 0 aliphatic heterocycles. The molecule has 0 saturated carbocycles. The zero-order valence-electron chi connectivity index (χ0n) is 10.7. The standard InChI is InChI=1S/C13H15ClN4O/c1-8(2)19-10-5-3-9(4-6-10)18-13-11(15)12(14)16-7-17-13/h3-8H,15H2,1-2H3,(H,16,17,18). The number of benzene rings is 1. The van der Waals surface area contributed by atoms with Crippen molar-refractivity contribution in [2.45, 2.75) is 20.0 Å². The van der Waals surface area contributed by atoms with Crippen molar-refractivity contribution in [2.24, 2.45) is 0 Å². The van der Waals surface area contributed by atoms with Gasteiger partial charge in [-0.2, -0.15) is 0 Å². The van der Waals surface area contributed by atoms with Crippen molar-refractivity contribution in [3.8, 4) is 5.75 Å². The van der Waals surface area contributed by atoms with E-state index in [4.69, 9.17) is 22.1 Å². The SMILES string of the molecule is CC(C)Oc1ccc(Nc2ncnc(Cl)c2N)cc1. The van der Waals surface area contributed by atoms with Gasteiger partial charge in [0.25, 0.3) is 0 Å². The molecule has 3 N–H and O–H groups in total. The molecule has 1 heterocycles. The summed E-state index contributed by atoms with van der Waals surface area (Å²) < 4.78 is 5.56. The molecule has 0 atom stereocenters. The molecular formula is C13H15ClN4O. The predicted octanol–water partition coefficient (Wildman–Crippen LogP) is 3.24. The molecule has 0 amide bonds. The van der Waals surface area contributed by atoms with E-state index >= 15 is 0 Å². The highest BCUT2D eigenvalue weighted by atomic mass is 35.5. The Kier molecular flexibility index (Phi) is 4.06. The van der Waals surface area contributed by atoms with Crippen LogP contribution in [0.3, 0.4) is 0 Å². The Labute approximate surface area is 116 Å². The average molecular weight is 279 g/mol. The Hall–Kier alpha value is -2.01. The smallest absolute Gasteiger partial charge is 0.158 e. The topological polar surface area (TPSA) is 73.1 Å². The van der Waals surface area contributed by atoms with Gasteiger partial charge in [0.1, 0.15) is 17.8 Å². The van der Waals surface area contributed by atoms with Gasteiger partial charge in [-0.25, -0.2) is 9.97 Å². The van der Waals surface area contributed by atoms with Crippen molar-refractivity contribution < 1.29 is 4.74 Å². The van der Waals surface area contributed by atoms with Gasteiger partial charge >= 0.3 is 0 Å². The van der Waals surface area contributed by atoms with Crippen molar-refractivity contribution in [2.75, 3.05) is 11.1 Å². The minimum atomic E-state index is 0.148. The van der Waals surface area contributed by atoms with E-state index in [1.807, 2.05) is 38.1 Å². The van der Waals surface area contributed by atoms with E-state index in [0.29, 0.717) is 11.5 Å². The fourth-order valence-corrected chi connectivity index (χ4v) is 1.63. The van der Waals surface area contributed by atoms with E-state index in [0.717, 1.165) is 11.4 Å². The molecule has 5 nitrogen and oxygen atoms in total. The molecule has 1 aromatic carbocycles. The van der Waals surface area contributed by atoms with E-state index in [9.17, 15) is 0 Å². The summed E-state index contributed by atoms with van der Waals surface area (Å²) in [4.78, 5) is 7.84. The first kappa shape index (κ1) is 13.4. The zero-order valence-corrected chi connectivity index (χ0v) is 11.5. The van der Waals surface area contributed by atoms with Crippen LogP contribution in [0.15, 0.2) is 30.6 Å². The highest BCUT2D eigenvalue weighted by molar-refractivity contribution is 6.32. The number of ether oxygens (including phenoxy) is 1. The molecule has 100 valence electrons. The molecule has 0 spiro atoms. The summed E-state index contributed by atoms with van der Waals surface area (Å²) in [5, 5.41) is 3.31. The molecule has 1 aromatic heterocycles. The van der Waals surface area contributed by atoms with Gasteiger partial charge in [-0.05, 0) is 38.1 Å². The molecule has 0 bridgehead atoms. The van der Waals surface area contributed by atoms with E-state index in [1.165, 1.54) is 6.33 Å². The molecule has 0 aliphatic carbocycles. The van der Waals surface area contributed by atoms with Gasteiger partial charge in [-0.15, -0.1) is 0 Å². The van der Waals surface area contributed by atoms with Gasteiger partial charge in [-0.3, -0.25) is 0 Å². The van der Waals surface area contributed by atoms with E-state index in [-0.39, 0.29) is 11.3 Å². The van der Waals surface area contributed by atoms with Crippen LogP contribution in [0.25, 0.3) is 0 Å². The third-order valence-electron chi connectivity index (χ3n) is 2.32. The summed E-state index contributed by atoms with van der Waals surface area (Å²) in [5.74, 6) is 1.30. The molecule has 0 saturated heterocycles. The second-order valence-electron chi connectivity index (χ2n) is 4.24. The minimum absolute atomic E-state index is 0.148. The lowest BCUT2D eigenvalue weighted by Gasteiger charge is -2.11. The number of anilines is 3. The highest BCUT2D eigenvalue weighted by Crippen LogP contribution is 2.26. The van der Waals surface area contributed by atoms with Crippen LogP contribution in [-0.2, 0) is 0 Å². The predicted molar refractivity (Wildman–Crippen MR) is 76.9 cm³/mol. The number of hydrogen-bond acceptors (Lipinski definition) is 5. The number of nitrogens with two attached hydrogens (primary N) is 1. The van der Waals surface area contributed by atoms with Gasteiger partial charge in [0, 0.05) is 5.69 Å². The summed E-state index contributed by atoms with van der Waals surface area (Å²) in [6, 6.07) is 7.52. The average Bonchev–Trinajstić information content (AvgIpc) is 2.37. The lowest BCUT2D eigenvalue weighted by Crippen LogP contribution is -2.05. The Morgan fingerprint density at radius 3 is 2.53 bits per heavy atom. The van der Waals surface area contributed by atoms with Crippen LogP contribution in [0.5, 0.6) is 5.75 Å². The van der Waals surface area contributed by atoms with Crippen molar-refractivity contribution >= 4 is 28.8 Å². The Balaban J connectivity index is 2.13. The molecule has 0 fully saturated rings. The molecular weight excluding hydrogens is 264 g/mol. The first-order valence-electron chi connectivity index (χ1n) is 5.86. The maximum Gasteiger partial charge on any atom is 0.158 e. The van der Waals surface area contributed by atoms with E-state index in [1.54, 1.807) is 0 Å². The van der Waals surface area contributed by atoms with Crippen LogP contribution in [0.1, 0.15) is 13.8 Å². The first-order chi connectivity index (χ1) is 9.06. The molecule has 0 aliphatic rings. The Morgan fingerprint density at radius 1 is 1.21 bits per heavy atom. The summed E-state index contributed by atoms with van der Waals surface area (Å²) in [6.07, 6.45) is 1.51. The third-order valence-corrected chi connectivity index (χ3v) is 2.63. The van der Waals surface area contributed by atoms with E-state index in [2.05, 4.69) is 15.3 Å². The number of nitrogen functional groups attached to an aromatic ring is 1. The number of rotatable bonds is 4. The highest BCUT2D eigenvalue weighted by Gasteiger charge is 2.06. The minimum Gasteiger partial charge on any atom is -0.491 e. The summed E-state index contributed by atoms with van der Waals surface area (Å²) in [5.41, 5.74) is 6.95. The van der Waals surface area contributed by atoms with Crippen molar-refractivity contribution in [1.29, 1.82) is 0 Å². The fourth-order valence-electron chi connectivity index (χ4n) is 1.50. The Bertz CT molecular complexity index is 557. The number of nitrogens with zero attached hydrogens (tertiary/aromatic N) is 2. The first-order valence-corrected chi connectivity index (χ1v) is 6.24. The van der Waals surface area contributed by atoms with Crippen LogP contribution in [-0.4, -0.2) is 16.1 Å². The van der Waals surface area contributed by atoms with Crippen LogP contribution >= 0.6 is 11.6 Å². The summed E-state index contributed by atoms with van der Waals surface area (Å²) in [6.45, 7) is 3.96. The van der Waals surface area contributed by atoms with Crippen molar-refractivity contribution in [3.05, 3.63) is 35.7 Å². The number of halogens is 1. The van der Waals surface area contributed by atoms with Crippen molar-refractivity contribution in [3.63, 3.8) is 0 Å².